The van der Waals surface area contributed by atoms with E-state index in [1.54, 1.807) is 20.1 Å². The van der Waals surface area contributed by atoms with Crippen molar-refractivity contribution in [2.24, 2.45) is 0 Å². The number of aliphatic carboxylic acids is 1. The van der Waals surface area contributed by atoms with Crippen molar-refractivity contribution < 1.29 is 19.8 Å². The molecule has 1 aliphatic rings. The molecular formula is C13H17N3O4S. The van der Waals surface area contributed by atoms with Gasteiger partial charge in [-0.05, 0) is 20.1 Å². The van der Waals surface area contributed by atoms with Crippen LogP contribution in [0.5, 0.6) is 0 Å². The Bertz CT molecular complexity index is 593. The molecule has 0 aromatic carbocycles. The van der Waals surface area contributed by atoms with Crippen LogP contribution in [0.15, 0.2) is 5.03 Å². The van der Waals surface area contributed by atoms with E-state index >= 15 is 0 Å². The van der Waals surface area contributed by atoms with E-state index in [-0.39, 0.29) is 13.0 Å². The van der Waals surface area contributed by atoms with Gasteiger partial charge in [0, 0.05) is 13.0 Å². The van der Waals surface area contributed by atoms with Gasteiger partial charge in [0.25, 0.3) is 5.91 Å². The average molecular weight is 311 g/mol. The summed E-state index contributed by atoms with van der Waals surface area (Å²) in [6, 6.07) is -1.01. The largest absolute Gasteiger partial charge is 0.480 e. The smallest absolute Gasteiger partial charge is 0.326 e. The fraction of sp³-hybridized carbons (Fsp3) is 0.538. The first-order valence-electron chi connectivity index (χ1n) is 6.46. The first kappa shape index (κ1) is 15.7. The Hall–Kier alpha value is -1.67. The molecule has 0 bridgehead atoms. The minimum Gasteiger partial charge on any atom is -0.480 e. The molecule has 0 saturated carbocycles. The molecule has 8 heteroatoms. The zero-order valence-electron chi connectivity index (χ0n) is 12.0. The van der Waals surface area contributed by atoms with Crippen molar-refractivity contribution in [3.63, 3.8) is 0 Å². The van der Waals surface area contributed by atoms with E-state index in [0.717, 1.165) is 0 Å². The van der Waals surface area contributed by atoms with Gasteiger partial charge in [0.1, 0.15) is 16.9 Å². The summed E-state index contributed by atoms with van der Waals surface area (Å²) in [5.41, 5.74) is 0.829. The maximum atomic E-state index is 12.7. The monoisotopic (exact) mass is 311 g/mol. The summed E-state index contributed by atoms with van der Waals surface area (Å²) in [4.78, 5) is 33.5. The van der Waals surface area contributed by atoms with Gasteiger partial charge in [-0.15, -0.1) is 11.8 Å². The van der Waals surface area contributed by atoms with Crippen molar-refractivity contribution in [3.05, 3.63) is 17.1 Å². The summed E-state index contributed by atoms with van der Waals surface area (Å²) in [6.07, 6.45) is 1.02. The third-order valence-electron chi connectivity index (χ3n) is 3.40. The van der Waals surface area contributed by atoms with Gasteiger partial charge in [-0.25, -0.2) is 14.8 Å². The Morgan fingerprint density at radius 2 is 2.00 bits per heavy atom. The van der Waals surface area contributed by atoms with Crippen LogP contribution < -0.4 is 0 Å². The van der Waals surface area contributed by atoms with Crippen molar-refractivity contribution in [1.29, 1.82) is 0 Å². The molecule has 21 heavy (non-hydrogen) atoms. The van der Waals surface area contributed by atoms with Gasteiger partial charge >= 0.3 is 5.97 Å². The summed E-state index contributed by atoms with van der Waals surface area (Å²) in [5.74, 6) is -0.998. The Morgan fingerprint density at radius 1 is 1.33 bits per heavy atom. The third kappa shape index (κ3) is 3.01. The average Bonchev–Trinajstić information content (AvgIpc) is 2.79. The molecule has 1 amide bonds. The van der Waals surface area contributed by atoms with E-state index in [0.29, 0.717) is 22.1 Å². The topological polar surface area (TPSA) is 104 Å². The normalized spacial score (nSPS) is 21.6. The Labute approximate surface area is 126 Å². The van der Waals surface area contributed by atoms with E-state index < -0.39 is 24.0 Å². The lowest BCUT2D eigenvalue weighted by Gasteiger charge is -2.22. The van der Waals surface area contributed by atoms with Gasteiger partial charge in [0.2, 0.25) is 0 Å². The summed E-state index contributed by atoms with van der Waals surface area (Å²) in [5, 5.41) is 19.4. The summed E-state index contributed by atoms with van der Waals surface area (Å²) in [6.45, 7) is 3.45. The lowest BCUT2D eigenvalue weighted by Crippen LogP contribution is -2.41. The number of carbonyl (C=O) groups is 2. The van der Waals surface area contributed by atoms with E-state index in [2.05, 4.69) is 9.97 Å². The van der Waals surface area contributed by atoms with Crippen LogP contribution in [0.4, 0.5) is 0 Å². The van der Waals surface area contributed by atoms with Crippen molar-refractivity contribution >= 4 is 23.6 Å². The number of aliphatic hydroxyl groups excluding tert-OH is 1. The number of carboxylic acid groups (broad SMARTS) is 1. The highest BCUT2D eigenvalue weighted by Gasteiger charge is 2.40. The van der Waals surface area contributed by atoms with E-state index in [1.807, 2.05) is 0 Å². The molecule has 0 radical (unpaired) electrons. The van der Waals surface area contributed by atoms with Crippen LogP contribution in [-0.4, -0.2) is 61.9 Å². The zero-order chi connectivity index (χ0) is 15.7. The highest BCUT2D eigenvalue weighted by Crippen LogP contribution is 2.26. The number of hydrogen-bond donors (Lipinski definition) is 2. The maximum absolute atomic E-state index is 12.7. The molecule has 1 aromatic rings. The number of β-amino-alcohol motifs (C(OH)–C–C–N with tert-alkyl or cyclic N) is 1. The molecule has 114 valence electrons. The second kappa shape index (κ2) is 5.98. The number of rotatable bonds is 3. The molecule has 2 rings (SSSR count). The van der Waals surface area contributed by atoms with E-state index in [1.165, 1.54) is 16.7 Å². The standard InChI is InChI=1S/C13H17N3O4S/c1-6-10(11(21-3)15-7(2)14-6)12(18)16-5-8(17)4-9(16)13(19)20/h8-9,17H,4-5H2,1-3H3,(H,19,20)/t8-,9-/m1/s1. The molecule has 1 saturated heterocycles. The molecule has 1 fully saturated rings. The molecule has 2 atom stereocenters. The molecule has 7 nitrogen and oxygen atoms in total. The molecule has 1 aliphatic heterocycles. The lowest BCUT2D eigenvalue weighted by atomic mass is 10.1. The van der Waals surface area contributed by atoms with Crippen molar-refractivity contribution in [2.45, 2.75) is 37.4 Å². The van der Waals surface area contributed by atoms with Crippen LogP contribution in [0.25, 0.3) is 0 Å². The molecule has 1 aromatic heterocycles. The quantitative estimate of drug-likeness (QED) is 0.618. The van der Waals surface area contributed by atoms with Crippen LogP contribution in [-0.2, 0) is 4.79 Å². The van der Waals surface area contributed by atoms with Crippen LogP contribution in [0.3, 0.4) is 0 Å². The number of likely N-dealkylation sites (tertiary alicyclic amines) is 1. The second-order valence-electron chi connectivity index (χ2n) is 4.94. The van der Waals surface area contributed by atoms with Gasteiger partial charge in [-0.1, -0.05) is 0 Å². The Balaban J connectivity index is 2.42. The maximum Gasteiger partial charge on any atom is 0.326 e. The number of carbonyl (C=O) groups excluding carboxylic acids is 1. The number of thioether (sulfide) groups is 1. The van der Waals surface area contributed by atoms with Crippen LogP contribution >= 0.6 is 11.8 Å². The number of nitrogens with zero attached hydrogens (tertiary/aromatic N) is 3. The van der Waals surface area contributed by atoms with Crippen LogP contribution in [0.1, 0.15) is 28.3 Å². The SMILES string of the molecule is CSc1nc(C)nc(C)c1C(=O)N1C[C@H](O)C[C@@H]1C(=O)O. The number of amides is 1. The highest BCUT2D eigenvalue weighted by atomic mass is 32.2. The van der Waals surface area contributed by atoms with Gasteiger partial charge in [-0.2, -0.15) is 0 Å². The minimum absolute atomic E-state index is 0.0109. The highest BCUT2D eigenvalue weighted by molar-refractivity contribution is 7.98. The van der Waals surface area contributed by atoms with Gasteiger partial charge in [0.15, 0.2) is 0 Å². The lowest BCUT2D eigenvalue weighted by molar-refractivity contribution is -0.141. The van der Waals surface area contributed by atoms with E-state index in [4.69, 9.17) is 0 Å². The van der Waals surface area contributed by atoms with Crippen LogP contribution in [0, 0.1) is 13.8 Å². The number of aromatic nitrogens is 2. The molecular weight excluding hydrogens is 294 g/mol. The van der Waals surface area contributed by atoms with Gasteiger partial charge in [0.05, 0.1) is 17.4 Å². The summed E-state index contributed by atoms with van der Waals surface area (Å²) in [7, 11) is 0. The minimum atomic E-state index is -1.11. The predicted molar refractivity (Wildman–Crippen MR) is 76.4 cm³/mol. The Kier molecular flexibility index (Phi) is 4.48. The zero-order valence-corrected chi connectivity index (χ0v) is 12.8. The number of hydrogen-bond acceptors (Lipinski definition) is 6. The van der Waals surface area contributed by atoms with Crippen molar-refractivity contribution in [1.82, 2.24) is 14.9 Å². The molecule has 0 aliphatic carbocycles. The number of carboxylic acids is 1. The predicted octanol–water partition coefficient (Wildman–Crippen LogP) is 0.475. The Morgan fingerprint density at radius 3 is 2.57 bits per heavy atom. The second-order valence-corrected chi connectivity index (χ2v) is 5.74. The molecule has 2 heterocycles. The molecule has 0 unspecified atom stereocenters. The molecule has 0 spiro atoms. The van der Waals surface area contributed by atoms with Crippen LogP contribution in [0.2, 0.25) is 0 Å². The summed E-state index contributed by atoms with van der Waals surface area (Å²) >= 11 is 1.31. The number of aliphatic hydroxyl groups is 1. The summed E-state index contributed by atoms with van der Waals surface area (Å²) < 4.78 is 0. The molecule has 2 N–H and O–H groups in total. The first-order chi connectivity index (χ1) is 9.85. The van der Waals surface area contributed by atoms with E-state index in [9.17, 15) is 19.8 Å². The van der Waals surface area contributed by atoms with Gasteiger partial charge in [-0.3, -0.25) is 4.79 Å². The number of aryl methyl sites for hydroxylation is 2. The fourth-order valence-electron chi connectivity index (χ4n) is 2.49. The first-order valence-corrected chi connectivity index (χ1v) is 7.68. The fourth-order valence-corrected chi connectivity index (χ4v) is 3.15. The van der Waals surface area contributed by atoms with Crippen molar-refractivity contribution in [2.75, 3.05) is 12.8 Å². The third-order valence-corrected chi connectivity index (χ3v) is 4.08. The van der Waals surface area contributed by atoms with Crippen molar-refractivity contribution in [3.8, 4) is 0 Å². The van der Waals surface area contributed by atoms with Gasteiger partial charge < -0.3 is 15.1 Å².